The molecule has 6 rings (SSSR count). The van der Waals surface area contributed by atoms with Gasteiger partial charge in [0, 0.05) is 50.5 Å². The predicted molar refractivity (Wildman–Crippen MR) is 170 cm³/mol. The van der Waals surface area contributed by atoms with Crippen molar-refractivity contribution < 1.29 is 37.7 Å². The van der Waals surface area contributed by atoms with Crippen LogP contribution in [0.4, 0.5) is 9.18 Å². The van der Waals surface area contributed by atoms with Crippen molar-refractivity contribution in [1.29, 1.82) is 0 Å². The fraction of sp³-hybridized carbons (Fsp3) is 0.400. The molecule has 4 bridgehead atoms. The van der Waals surface area contributed by atoms with Crippen molar-refractivity contribution in [1.82, 2.24) is 20.9 Å². The second-order valence-corrected chi connectivity index (χ2v) is 12.0. The zero-order chi connectivity index (χ0) is 32.8. The molecule has 12 heteroatoms. The van der Waals surface area contributed by atoms with Gasteiger partial charge < -0.3 is 39.8 Å². The van der Waals surface area contributed by atoms with Gasteiger partial charge in [-0.3, -0.25) is 9.59 Å². The van der Waals surface area contributed by atoms with Gasteiger partial charge in [0.1, 0.15) is 29.7 Å². The van der Waals surface area contributed by atoms with Crippen LogP contribution in [-0.2, 0) is 26.3 Å². The Hall–Kier alpha value is -4.68. The van der Waals surface area contributed by atoms with Crippen molar-refractivity contribution in [3.63, 3.8) is 0 Å². The maximum Gasteiger partial charge on any atom is 0.315 e. The Morgan fingerprint density at radius 3 is 2.64 bits per heavy atom. The maximum atomic E-state index is 14.8. The molecule has 248 valence electrons. The summed E-state index contributed by atoms with van der Waals surface area (Å²) in [6, 6.07) is 18.0. The van der Waals surface area contributed by atoms with Gasteiger partial charge in [-0.1, -0.05) is 30.3 Å². The fourth-order valence-electron chi connectivity index (χ4n) is 6.11. The molecular weight excluding hydrogens is 607 g/mol. The van der Waals surface area contributed by atoms with E-state index in [4.69, 9.17) is 18.9 Å². The number of piperidine rings is 1. The number of hydrogen-bond donors (Lipinski definition) is 3. The number of rotatable bonds is 6. The molecule has 1 saturated heterocycles. The Bertz CT molecular complexity index is 1610. The molecule has 0 radical (unpaired) electrons. The summed E-state index contributed by atoms with van der Waals surface area (Å²) in [7, 11) is 1.58. The fourth-order valence-corrected chi connectivity index (χ4v) is 6.11. The Morgan fingerprint density at radius 2 is 1.83 bits per heavy atom. The SMILES string of the molecule is COCCOc1cc2cc(c1)C(=O)NCCNC(=O)N[C@H]1CCN(C(=O)C3(c4ccccc4F)CC3)C[C@@H]1OCc1cccc(c1)O2. The van der Waals surface area contributed by atoms with Crippen LogP contribution in [0, 0.1) is 5.82 Å². The van der Waals surface area contributed by atoms with E-state index in [1.807, 2.05) is 18.2 Å². The average molecular weight is 647 g/mol. The number of ether oxygens (including phenoxy) is 4. The highest BCUT2D eigenvalue weighted by Gasteiger charge is 2.55. The van der Waals surface area contributed by atoms with Gasteiger partial charge in [0.15, 0.2) is 0 Å². The molecule has 2 atom stereocenters. The minimum atomic E-state index is -0.861. The number of amides is 4. The van der Waals surface area contributed by atoms with Crippen molar-refractivity contribution in [2.24, 2.45) is 0 Å². The Labute approximate surface area is 272 Å². The first-order valence-electron chi connectivity index (χ1n) is 15.9. The number of halogens is 1. The summed E-state index contributed by atoms with van der Waals surface area (Å²) >= 11 is 0. The van der Waals surface area contributed by atoms with Crippen molar-refractivity contribution in [3.05, 3.63) is 89.2 Å². The standard InChI is InChI=1S/C35H39FN4O7/c1-44-15-16-45-26-18-24-19-27(20-26)47-25-6-4-5-23(17-25)22-46-31-21-40(14-9-30(31)39-34(43)38-13-12-37-32(24)41)33(42)35(10-11-35)28-7-2-3-8-29(28)36/h2-8,17-20,30-31H,9-16,21-22H2,1H3,(H,37,41)(H2,38,39,43)/t30-,31-/m0/s1. The maximum absolute atomic E-state index is 14.8. The van der Waals surface area contributed by atoms with Gasteiger partial charge in [0.2, 0.25) is 5.91 Å². The normalized spacial score (nSPS) is 21.0. The first-order chi connectivity index (χ1) is 22.8. The van der Waals surface area contributed by atoms with Crippen LogP contribution in [0.15, 0.2) is 66.7 Å². The Morgan fingerprint density at radius 1 is 1.00 bits per heavy atom. The smallest absolute Gasteiger partial charge is 0.315 e. The molecule has 0 aromatic heterocycles. The van der Waals surface area contributed by atoms with Crippen LogP contribution in [-0.4, -0.2) is 81.4 Å². The summed E-state index contributed by atoms with van der Waals surface area (Å²) in [4.78, 5) is 41.5. The number of carbonyl (C=O) groups is 3. The quantitative estimate of drug-likeness (QED) is 0.347. The molecule has 0 unspecified atom stereocenters. The van der Waals surface area contributed by atoms with Gasteiger partial charge in [-0.05, 0) is 55.2 Å². The first-order valence-corrected chi connectivity index (χ1v) is 15.9. The molecule has 2 heterocycles. The number of urea groups is 1. The van der Waals surface area contributed by atoms with Gasteiger partial charge in [0.25, 0.3) is 5.91 Å². The molecule has 1 saturated carbocycles. The average Bonchev–Trinajstić information content (AvgIpc) is 3.88. The van der Waals surface area contributed by atoms with E-state index in [-0.39, 0.29) is 49.9 Å². The molecule has 3 aliphatic rings. The monoisotopic (exact) mass is 646 g/mol. The van der Waals surface area contributed by atoms with Crippen LogP contribution >= 0.6 is 0 Å². The van der Waals surface area contributed by atoms with Gasteiger partial charge in [-0.2, -0.15) is 0 Å². The van der Waals surface area contributed by atoms with Gasteiger partial charge in [0.05, 0.1) is 30.8 Å². The van der Waals surface area contributed by atoms with Crippen LogP contribution in [0.2, 0.25) is 0 Å². The van der Waals surface area contributed by atoms with Crippen molar-refractivity contribution in [2.45, 2.75) is 43.4 Å². The first kappa shape index (κ1) is 32.3. The minimum Gasteiger partial charge on any atom is -0.491 e. The lowest BCUT2D eigenvalue weighted by Crippen LogP contribution is -2.59. The summed E-state index contributed by atoms with van der Waals surface area (Å²) in [5.41, 5.74) is 0.719. The van der Waals surface area contributed by atoms with Crippen molar-refractivity contribution in [2.75, 3.05) is 46.5 Å². The van der Waals surface area contributed by atoms with Crippen LogP contribution in [0.1, 0.15) is 40.7 Å². The van der Waals surface area contributed by atoms with E-state index >= 15 is 0 Å². The lowest BCUT2D eigenvalue weighted by Gasteiger charge is -2.40. The van der Waals surface area contributed by atoms with E-state index in [0.29, 0.717) is 67.4 Å². The summed E-state index contributed by atoms with van der Waals surface area (Å²) in [6.07, 6.45) is 1.11. The van der Waals surface area contributed by atoms with Crippen LogP contribution in [0.5, 0.6) is 17.2 Å². The third-order valence-electron chi connectivity index (χ3n) is 8.70. The second kappa shape index (κ2) is 14.4. The molecule has 47 heavy (non-hydrogen) atoms. The Balaban J connectivity index is 1.22. The molecule has 2 aliphatic heterocycles. The van der Waals surface area contributed by atoms with Gasteiger partial charge >= 0.3 is 6.03 Å². The summed E-state index contributed by atoms with van der Waals surface area (Å²) < 4.78 is 38.2. The second-order valence-electron chi connectivity index (χ2n) is 12.0. The number of likely N-dealkylation sites (tertiary alicyclic amines) is 1. The summed E-state index contributed by atoms with van der Waals surface area (Å²) in [6.45, 7) is 1.87. The minimum absolute atomic E-state index is 0.118. The highest BCUT2D eigenvalue weighted by molar-refractivity contribution is 5.95. The summed E-state index contributed by atoms with van der Waals surface area (Å²) in [5.74, 6) is 0.543. The number of benzene rings is 3. The molecule has 3 aromatic rings. The number of carbonyl (C=O) groups excluding carboxylic acids is 3. The van der Waals surface area contributed by atoms with Crippen LogP contribution in [0.3, 0.4) is 0 Å². The Kier molecular flexibility index (Phi) is 9.88. The van der Waals surface area contributed by atoms with Crippen molar-refractivity contribution >= 4 is 17.8 Å². The number of fused-ring (bicyclic) bond motifs is 5. The van der Waals surface area contributed by atoms with Crippen LogP contribution < -0.4 is 25.4 Å². The number of hydrogen-bond acceptors (Lipinski definition) is 7. The highest BCUT2D eigenvalue weighted by Crippen LogP contribution is 2.50. The predicted octanol–water partition coefficient (Wildman–Crippen LogP) is 3.90. The van der Waals surface area contributed by atoms with Gasteiger partial charge in [-0.15, -0.1) is 0 Å². The third-order valence-corrected chi connectivity index (χ3v) is 8.70. The lowest BCUT2D eigenvalue weighted by atomic mass is 9.92. The number of methoxy groups -OCH3 is 1. The lowest BCUT2D eigenvalue weighted by molar-refractivity contribution is -0.139. The molecule has 3 aromatic carbocycles. The molecule has 2 fully saturated rings. The van der Waals surface area contributed by atoms with Crippen LogP contribution in [0.25, 0.3) is 0 Å². The van der Waals surface area contributed by atoms with Crippen molar-refractivity contribution in [3.8, 4) is 17.2 Å². The zero-order valence-electron chi connectivity index (χ0n) is 26.3. The van der Waals surface area contributed by atoms with E-state index in [1.165, 1.54) is 6.07 Å². The highest BCUT2D eigenvalue weighted by atomic mass is 19.1. The van der Waals surface area contributed by atoms with E-state index in [2.05, 4.69) is 16.0 Å². The van der Waals surface area contributed by atoms with E-state index in [1.54, 1.807) is 54.5 Å². The molecular formula is C35H39FN4O7. The van der Waals surface area contributed by atoms with Gasteiger partial charge in [-0.25, -0.2) is 9.18 Å². The molecule has 3 N–H and O–H groups in total. The van der Waals surface area contributed by atoms with E-state index in [0.717, 1.165) is 5.56 Å². The third kappa shape index (κ3) is 7.66. The van der Waals surface area contributed by atoms with E-state index in [9.17, 15) is 18.8 Å². The summed E-state index contributed by atoms with van der Waals surface area (Å²) in [5, 5.41) is 8.60. The largest absolute Gasteiger partial charge is 0.491 e. The number of nitrogens with one attached hydrogen (secondary N) is 3. The number of nitrogens with zero attached hydrogens (tertiary/aromatic N) is 1. The molecule has 0 spiro atoms. The topological polar surface area (TPSA) is 127 Å². The molecule has 4 amide bonds. The zero-order valence-corrected chi connectivity index (χ0v) is 26.3. The molecule has 1 aliphatic carbocycles. The molecule has 11 nitrogen and oxygen atoms in total. The van der Waals surface area contributed by atoms with E-state index < -0.39 is 17.6 Å².